The Morgan fingerprint density at radius 3 is 2.72 bits per heavy atom. The summed E-state index contributed by atoms with van der Waals surface area (Å²) in [5, 5.41) is 0.779. The van der Waals surface area contributed by atoms with Crippen molar-refractivity contribution in [2.24, 2.45) is 0 Å². The quantitative estimate of drug-likeness (QED) is 0.778. The fourth-order valence-corrected chi connectivity index (χ4v) is 4.47. The van der Waals surface area contributed by atoms with E-state index in [0.29, 0.717) is 18.1 Å². The summed E-state index contributed by atoms with van der Waals surface area (Å²) < 4.78 is 8.03. The van der Waals surface area contributed by atoms with Crippen LogP contribution in [-0.4, -0.2) is 28.5 Å². The SMILES string of the molecule is CN(c1ccccc1)c1c(OC2CCCCC2)nc2n(c1=O)CCS2. The Morgan fingerprint density at radius 1 is 1.20 bits per heavy atom. The third-order valence-electron chi connectivity index (χ3n) is 4.93. The summed E-state index contributed by atoms with van der Waals surface area (Å²) in [6.07, 6.45) is 5.90. The maximum absolute atomic E-state index is 13.1. The van der Waals surface area contributed by atoms with E-state index in [1.807, 2.05) is 42.3 Å². The Balaban J connectivity index is 1.76. The summed E-state index contributed by atoms with van der Waals surface area (Å²) in [6, 6.07) is 9.91. The van der Waals surface area contributed by atoms with Gasteiger partial charge in [0.2, 0.25) is 5.88 Å². The highest BCUT2D eigenvalue weighted by Gasteiger charge is 2.27. The van der Waals surface area contributed by atoms with Gasteiger partial charge in [-0.05, 0) is 37.8 Å². The molecule has 0 amide bonds. The smallest absolute Gasteiger partial charge is 0.282 e. The van der Waals surface area contributed by atoms with Crippen LogP contribution in [0.25, 0.3) is 0 Å². The van der Waals surface area contributed by atoms with Gasteiger partial charge in [0.25, 0.3) is 5.56 Å². The van der Waals surface area contributed by atoms with E-state index in [1.54, 1.807) is 16.3 Å². The van der Waals surface area contributed by atoms with Crippen molar-refractivity contribution < 1.29 is 4.74 Å². The molecule has 0 N–H and O–H groups in total. The summed E-state index contributed by atoms with van der Waals surface area (Å²) in [5.74, 6) is 1.38. The minimum atomic E-state index is -0.00726. The zero-order valence-corrected chi connectivity index (χ0v) is 15.3. The predicted molar refractivity (Wildman–Crippen MR) is 101 cm³/mol. The molecule has 0 saturated heterocycles. The van der Waals surface area contributed by atoms with Crippen LogP contribution in [0.15, 0.2) is 40.3 Å². The van der Waals surface area contributed by atoms with Crippen LogP contribution >= 0.6 is 11.8 Å². The van der Waals surface area contributed by atoms with E-state index in [2.05, 4.69) is 0 Å². The molecule has 2 aromatic rings. The second-order valence-corrected chi connectivity index (χ2v) is 7.69. The molecule has 132 valence electrons. The lowest BCUT2D eigenvalue weighted by atomic mass is 9.98. The van der Waals surface area contributed by atoms with Crippen molar-refractivity contribution in [3.8, 4) is 5.88 Å². The molecule has 1 saturated carbocycles. The topological polar surface area (TPSA) is 47.4 Å². The number of para-hydroxylation sites is 1. The van der Waals surface area contributed by atoms with Gasteiger partial charge in [0.1, 0.15) is 6.10 Å². The maximum atomic E-state index is 13.1. The van der Waals surface area contributed by atoms with Crippen molar-refractivity contribution in [2.75, 3.05) is 17.7 Å². The molecule has 1 aliphatic heterocycles. The number of hydrogen-bond donors (Lipinski definition) is 0. The van der Waals surface area contributed by atoms with E-state index in [4.69, 9.17) is 9.72 Å². The van der Waals surface area contributed by atoms with E-state index >= 15 is 0 Å². The number of aromatic nitrogens is 2. The molecule has 2 aliphatic rings. The summed E-state index contributed by atoms with van der Waals surface area (Å²) >= 11 is 1.63. The number of fused-ring (bicyclic) bond motifs is 1. The number of anilines is 2. The van der Waals surface area contributed by atoms with Crippen LogP contribution in [0.4, 0.5) is 11.4 Å². The second-order valence-electron chi connectivity index (χ2n) is 6.63. The van der Waals surface area contributed by atoms with Crippen LogP contribution in [0.5, 0.6) is 5.88 Å². The van der Waals surface area contributed by atoms with Crippen molar-refractivity contribution in [3.63, 3.8) is 0 Å². The molecule has 1 aromatic carbocycles. The number of thioether (sulfide) groups is 1. The highest BCUT2D eigenvalue weighted by Crippen LogP contribution is 2.34. The van der Waals surface area contributed by atoms with Crippen molar-refractivity contribution >= 4 is 23.1 Å². The van der Waals surface area contributed by atoms with E-state index in [9.17, 15) is 4.79 Å². The van der Waals surface area contributed by atoms with Gasteiger partial charge < -0.3 is 9.64 Å². The van der Waals surface area contributed by atoms with Crippen molar-refractivity contribution in [2.45, 2.75) is 49.9 Å². The third-order valence-corrected chi connectivity index (χ3v) is 5.89. The first-order valence-electron chi connectivity index (χ1n) is 8.97. The molecule has 6 heteroatoms. The first kappa shape index (κ1) is 16.5. The zero-order chi connectivity index (χ0) is 17.2. The average molecular weight is 357 g/mol. The van der Waals surface area contributed by atoms with Crippen LogP contribution in [0.1, 0.15) is 32.1 Å². The van der Waals surface area contributed by atoms with Crippen molar-refractivity contribution in [1.82, 2.24) is 9.55 Å². The molecule has 5 nitrogen and oxygen atoms in total. The standard InChI is InChI=1S/C19H23N3O2S/c1-21(14-8-4-2-5-9-14)16-17(24-15-10-6-3-7-11-15)20-19-22(18(16)23)12-13-25-19/h2,4-5,8-9,15H,3,6-7,10-13H2,1H3. The summed E-state index contributed by atoms with van der Waals surface area (Å²) in [4.78, 5) is 19.7. The van der Waals surface area contributed by atoms with E-state index < -0.39 is 0 Å². The lowest BCUT2D eigenvalue weighted by Crippen LogP contribution is -2.30. The number of benzene rings is 1. The Labute approximate surface area is 152 Å². The van der Waals surface area contributed by atoms with Gasteiger partial charge in [0, 0.05) is 25.0 Å². The Kier molecular flexibility index (Phi) is 4.70. The molecule has 0 atom stereocenters. The van der Waals surface area contributed by atoms with Crippen LogP contribution < -0.4 is 15.2 Å². The summed E-state index contributed by atoms with van der Waals surface area (Å²) in [6.45, 7) is 0.713. The van der Waals surface area contributed by atoms with Crippen LogP contribution in [0.2, 0.25) is 0 Å². The largest absolute Gasteiger partial charge is 0.473 e. The number of hydrogen-bond acceptors (Lipinski definition) is 5. The molecule has 0 spiro atoms. The number of ether oxygens (including phenoxy) is 1. The van der Waals surface area contributed by atoms with Gasteiger partial charge in [-0.1, -0.05) is 36.4 Å². The van der Waals surface area contributed by atoms with Gasteiger partial charge in [-0.3, -0.25) is 9.36 Å². The maximum Gasteiger partial charge on any atom is 0.282 e. The molecule has 2 heterocycles. The zero-order valence-electron chi connectivity index (χ0n) is 14.5. The molecule has 0 unspecified atom stereocenters. The first-order valence-corrected chi connectivity index (χ1v) is 9.95. The predicted octanol–water partition coefficient (Wildman–Crippen LogP) is 3.83. The van der Waals surface area contributed by atoms with Crippen molar-refractivity contribution in [3.05, 3.63) is 40.7 Å². The monoisotopic (exact) mass is 357 g/mol. The third kappa shape index (κ3) is 3.27. The number of rotatable bonds is 4. The molecule has 4 rings (SSSR count). The molecule has 0 bridgehead atoms. The fourth-order valence-electron chi connectivity index (χ4n) is 3.53. The van der Waals surface area contributed by atoms with Crippen LogP contribution in [-0.2, 0) is 6.54 Å². The highest BCUT2D eigenvalue weighted by molar-refractivity contribution is 7.99. The van der Waals surface area contributed by atoms with Crippen LogP contribution in [0, 0.1) is 0 Å². The minimum absolute atomic E-state index is 0.00726. The Bertz CT molecular complexity index is 800. The molecule has 0 radical (unpaired) electrons. The lowest BCUT2D eigenvalue weighted by molar-refractivity contribution is 0.147. The highest BCUT2D eigenvalue weighted by atomic mass is 32.2. The molecular formula is C19H23N3O2S. The van der Waals surface area contributed by atoms with Gasteiger partial charge in [0.05, 0.1) is 0 Å². The lowest BCUT2D eigenvalue weighted by Gasteiger charge is -2.26. The molecule has 25 heavy (non-hydrogen) atoms. The van der Waals surface area contributed by atoms with Crippen molar-refractivity contribution in [1.29, 1.82) is 0 Å². The molecule has 1 fully saturated rings. The first-order chi connectivity index (χ1) is 12.2. The minimum Gasteiger partial charge on any atom is -0.473 e. The normalized spacial score (nSPS) is 17.3. The fraction of sp³-hybridized carbons (Fsp3) is 0.474. The van der Waals surface area contributed by atoms with E-state index in [1.165, 1.54) is 19.3 Å². The average Bonchev–Trinajstić information content (AvgIpc) is 3.12. The van der Waals surface area contributed by atoms with Gasteiger partial charge in [0.15, 0.2) is 10.8 Å². The Hall–Kier alpha value is -1.95. The van der Waals surface area contributed by atoms with E-state index in [-0.39, 0.29) is 11.7 Å². The second kappa shape index (κ2) is 7.12. The van der Waals surface area contributed by atoms with E-state index in [0.717, 1.165) is 29.4 Å². The molecule has 1 aromatic heterocycles. The molecular weight excluding hydrogens is 334 g/mol. The molecule has 1 aliphatic carbocycles. The van der Waals surface area contributed by atoms with Crippen LogP contribution in [0.3, 0.4) is 0 Å². The van der Waals surface area contributed by atoms with Gasteiger partial charge in [-0.25, -0.2) is 0 Å². The Morgan fingerprint density at radius 2 is 1.96 bits per heavy atom. The van der Waals surface area contributed by atoms with Gasteiger partial charge in [-0.15, -0.1) is 0 Å². The van der Waals surface area contributed by atoms with Gasteiger partial charge >= 0.3 is 0 Å². The summed E-state index contributed by atoms with van der Waals surface area (Å²) in [5.41, 5.74) is 1.50. The van der Waals surface area contributed by atoms with Gasteiger partial charge in [-0.2, -0.15) is 4.98 Å². The number of nitrogens with zero attached hydrogens (tertiary/aromatic N) is 3. The summed E-state index contributed by atoms with van der Waals surface area (Å²) in [7, 11) is 1.91.